The lowest BCUT2D eigenvalue weighted by Gasteiger charge is -2.28. The molecule has 1 aromatic carbocycles. The van der Waals surface area contributed by atoms with Gasteiger partial charge in [0.15, 0.2) is 0 Å². The molecule has 0 aliphatic carbocycles. The van der Waals surface area contributed by atoms with E-state index in [1.54, 1.807) is 6.07 Å². The molecule has 0 atom stereocenters. The Balaban J connectivity index is 1.93. The van der Waals surface area contributed by atoms with Crippen LogP contribution >= 0.6 is 0 Å². The van der Waals surface area contributed by atoms with E-state index in [0.717, 1.165) is 37.7 Å². The Hall–Kier alpha value is -2.14. The maximum absolute atomic E-state index is 12.1. The fourth-order valence-corrected chi connectivity index (χ4v) is 2.65. The van der Waals surface area contributed by atoms with Crippen molar-refractivity contribution in [1.29, 1.82) is 0 Å². The van der Waals surface area contributed by atoms with E-state index in [2.05, 4.69) is 41.3 Å². The average molecular weight is 298 g/mol. The van der Waals surface area contributed by atoms with Gasteiger partial charge in [-0.1, -0.05) is 26.0 Å². The highest BCUT2D eigenvalue weighted by Gasteiger charge is 2.13. The summed E-state index contributed by atoms with van der Waals surface area (Å²) in [6.07, 6.45) is 0. The van der Waals surface area contributed by atoms with Gasteiger partial charge < -0.3 is 10.2 Å². The molecule has 22 heavy (non-hydrogen) atoms. The van der Waals surface area contributed by atoms with E-state index >= 15 is 0 Å². The molecule has 2 aromatic rings. The first-order chi connectivity index (χ1) is 10.6. The molecule has 1 fully saturated rings. The molecule has 1 aromatic heterocycles. The molecule has 0 saturated carbocycles. The zero-order chi connectivity index (χ0) is 15.5. The van der Waals surface area contributed by atoms with Crippen LogP contribution in [0.1, 0.15) is 25.3 Å². The Morgan fingerprint density at radius 3 is 2.36 bits per heavy atom. The number of hydrogen-bond donors (Lipinski definition) is 1. The third-order valence-corrected chi connectivity index (χ3v) is 4.03. The van der Waals surface area contributed by atoms with Crippen molar-refractivity contribution >= 4 is 5.82 Å². The quantitative estimate of drug-likeness (QED) is 0.938. The van der Waals surface area contributed by atoms with Gasteiger partial charge in [0.2, 0.25) is 0 Å². The largest absolute Gasteiger partial charge is 0.353 e. The number of anilines is 1. The maximum atomic E-state index is 12.1. The second kappa shape index (κ2) is 6.32. The van der Waals surface area contributed by atoms with Gasteiger partial charge in [0, 0.05) is 32.2 Å². The highest BCUT2D eigenvalue weighted by atomic mass is 16.1. The van der Waals surface area contributed by atoms with Gasteiger partial charge in [-0.25, -0.2) is 0 Å². The third kappa shape index (κ3) is 3.04. The van der Waals surface area contributed by atoms with Gasteiger partial charge in [-0.2, -0.15) is 4.68 Å². The summed E-state index contributed by atoms with van der Waals surface area (Å²) in [5.41, 5.74) is 1.97. The summed E-state index contributed by atoms with van der Waals surface area (Å²) in [6, 6.07) is 11.5. The third-order valence-electron chi connectivity index (χ3n) is 4.03. The van der Waals surface area contributed by atoms with Gasteiger partial charge in [-0.05, 0) is 29.7 Å². The van der Waals surface area contributed by atoms with Gasteiger partial charge in [0.25, 0.3) is 5.56 Å². The van der Waals surface area contributed by atoms with E-state index in [-0.39, 0.29) is 5.56 Å². The summed E-state index contributed by atoms with van der Waals surface area (Å²) in [6.45, 7) is 8.04. The predicted molar refractivity (Wildman–Crippen MR) is 89.0 cm³/mol. The first-order valence-electron chi connectivity index (χ1n) is 7.81. The number of hydrogen-bond acceptors (Lipinski definition) is 4. The van der Waals surface area contributed by atoms with Gasteiger partial charge in [-0.15, -0.1) is 5.10 Å². The Kier molecular flexibility index (Phi) is 4.24. The van der Waals surface area contributed by atoms with Crippen LogP contribution in [0.3, 0.4) is 0 Å². The van der Waals surface area contributed by atoms with E-state index in [1.807, 2.05) is 18.2 Å². The van der Waals surface area contributed by atoms with Crippen molar-refractivity contribution in [2.75, 3.05) is 31.1 Å². The molecule has 1 saturated heterocycles. The summed E-state index contributed by atoms with van der Waals surface area (Å²) in [7, 11) is 0. The molecule has 3 rings (SSSR count). The first-order valence-corrected chi connectivity index (χ1v) is 7.81. The lowest BCUT2D eigenvalue weighted by atomic mass is 10.0. The molecular weight excluding hydrogens is 276 g/mol. The highest BCUT2D eigenvalue weighted by Crippen LogP contribution is 2.16. The molecule has 0 unspecified atom stereocenters. The monoisotopic (exact) mass is 298 g/mol. The van der Waals surface area contributed by atoms with E-state index in [4.69, 9.17) is 0 Å². The minimum atomic E-state index is -0.101. The van der Waals surface area contributed by atoms with Crippen molar-refractivity contribution in [3.8, 4) is 5.69 Å². The number of rotatable bonds is 3. The van der Waals surface area contributed by atoms with Crippen molar-refractivity contribution in [3.05, 3.63) is 52.3 Å². The first kappa shape index (κ1) is 14.8. The van der Waals surface area contributed by atoms with Crippen LogP contribution in [0.15, 0.2) is 41.2 Å². The fourth-order valence-electron chi connectivity index (χ4n) is 2.65. The summed E-state index contributed by atoms with van der Waals surface area (Å²) < 4.78 is 1.49. The van der Waals surface area contributed by atoms with Gasteiger partial charge in [0.1, 0.15) is 5.82 Å². The summed E-state index contributed by atoms with van der Waals surface area (Å²) >= 11 is 0. The summed E-state index contributed by atoms with van der Waals surface area (Å²) in [5.74, 6) is 1.33. The number of piperazine rings is 1. The van der Waals surface area contributed by atoms with Crippen molar-refractivity contribution in [3.63, 3.8) is 0 Å². The van der Waals surface area contributed by atoms with Crippen LogP contribution < -0.4 is 15.8 Å². The molecule has 1 aliphatic heterocycles. The molecule has 0 bridgehead atoms. The van der Waals surface area contributed by atoms with Crippen molar-refractivity contribution in [2.24, 2.45) is 0 Å². The van der Waals surface area contributed by atoms with E-state index in [1.165, 1.54) is 10.2 Å². The van der Waals surface area contributed by atoms with Crippen LogP contribution in [0.4, 0.5) is 5.82 Å². The minimum absolute atomic E-state index is 0.101. The standard InChI is InChI=1S/C17H22N4O/c1-13(2)14-3-5-15(6-4-14)21-17(22)8-7-16(19-21)20-11-9-18-10-12-20/h3-8,13,18H,9-12H2,1-2H3. The second-order valence-electron chi connectivity index (χ2n) is 5.92. The summed E-state index contributed by atoms with van der Waals surface area (Å²) in [4.78, 5) is 14.3. The molecular formula is C17H22N4O. The SMILES string of the molecule is CC(C)c1ccc(-n2nc(N3CCNCC3)ccc2=O)cc1. The van der Waals surface area contributed by atoms with Crippen molar-refractivity contribution in [2.45, 2.75) is 19.8 Å². The Morgan fingerprint density at radius 1 is 1.05 bits per heavy atom. The second-order valence-corrected chi connectivity index (χ2v) is 5.92. The van der Waals surface area contributed by atoms with Gasteiger partial charge in [-0.3, -0.25) is 4.79 Å². The lowest BCUT2D eigenvalue weighted by Crippen LogP contribution is -2.44. The van der Waals surface area contributed by atoms with Gasteiger partial charge in [0.05, 0.1) is 5.69 Å². The number of aromatic nitrogens is 2. The molecule has 116 valence electrons. The minimum Gasteiger partial charge on any atom is -0.353 e. The summed E-state index contributed by atoms with van der Waals surface area (Å²) in [5, 5.41) is 7.86. The van der Waals surface area contributed by atoms with E-state index in [0.29, 0.717) is 5.92 Å². The van der Waals surface area contributed by atoms with Crippen LogP contribution in [0.25, 0.3) is 5.69 Å². The topological polar surface area (TPSA) is 50.2 Å². The molecule has 1 aliphatic rings. The lowest BCUT2D eigenvalue weighted by molar-refractivity contribution is 0.579. The molecule has 5 nitrogen and oxygen atoms in total. The average Bonchev–Trinajstić information content (AvgIpc) is 2.56. The van der Waals surface area contributed by atoms with Gasteiger partial charge >= 0.3 is 0 Å². The molecule has 1 N–H and O–H groups in total. The maximum Gasteiger partial charge on any atom is 0.271 e. The highest BCUT2D eigenvalue weighted by molar-refractivity contribution is 5.40. The zero-order valence-electron chi connectivity index (χ0n) is 13.1. The van der Waals surface area contributed by atoms with E-state index < -0.39 is 0 Å². The van der Waals surface area contributed by atoms with E-state index in [9.17, 15) is 4.79 Å². The van der Waals surface area contributed by atoms with Crippen molar-refractivity contribution < 1.29 is 0 Å². The van der Waals surface area contributed by atoms with Crippen LogP contribution in [-0.4, -0.2) is 36.0 Å². The van der Waals surface area contributed by atoms with Crippen LogP contribution in [0.5, 0.6) is 0 Å². The number of benzene rings is 1. The number of nitrogens with one attached hydrogen (secondary N) is 1. The molecule has 0 spiro atoms. The normalized spacial score (nSPS) is 15.3. The smallest absolute Gasteiger partial charge is 0.271 e. The predicted octanol–water partition coefficient (Wildman–Crippen LogP) is 1.77. The Bertz CT molecular complexity index is 685. The Morgan fingerprint density at radius 2 is 1.73 bits per heavy atom. The Labute approximate surface area is 130 Å². The number of nitrogens with zero attached hydrogens (tertiary/aromatic N) is 3. The molecule has 0 radical (unpaired) electrons. The zero-order valence-corrected chi connectivity index (χ0v) is 13.1. The molecule has 2 heterocycles. The van der Waals surface area contributed by atoms with Crippen LogP contribution in [0, 0.1) is 0 Å². The van der Waals surface area contributed by atoms with Crippen LogP contribution in [-0.2, 0) is 0 Å². The fraction of sp³-hybridized carbons (Fsp3) is 0.412. The molecule has 5 heteroatoms. The molecule has 0 amide bonds. The van der Waals surface area contributed by atoms with Crippen molar-refractivity contribution in [1.82, 2.24) is 15.1 Å². The van der Waals surface area contributed by atoms with Crippen LogP contribution in [0.2, 0.25) is 0 Å².